The molecule has 0 saturated heterocycles. The van der Waals surface area contributed by atoms with Gasteiger partial charge in [-0.2, -0.15) is 0 Å². The van der Waals surface area contributed by atoms with Crippen LogP contribution in [0.5, 0.6) is 0 Å². The second-order valence-corrected chi connectivity index (χ2v) is 20.9. The van der Waals surface area contributed by atoms with Crippen molar-refractivity contribution < 1.29 is 0 Å². The third-order valence-corrected chi connectivity index (χ3v) is 15.8. The first kappa shape index (κ1) is 49.7. The Morgan fingerprint density at radius 2 is 0.440 bits per heavy atom. The molecule has 0 atom stereocenters. The Hall–Kier alpha value is -11.3. The van der Waals surface area contributed by atoms with Gasteiger partial charge < -0.3 is 0 Å². The lowest BCUT2D eigenvalue weighted by Crippen LogP contribution is -2.00. The Morgan fingerprint density at radius 1 is 0.155 bits per heavy atom. The average Bonchev–Trinajstić information content (AvgIpc) is 1.40. The van der Waals surface area contributed by atoms with Gasteiger partial charge in [0.25, 0.3) is 0 Å². The van der Waals surface area contributed by atoms with Gasteiger partial charge in [-0.05, 0) is 99.0 Å². The summed E-state index contributed by atoms with van der Waals surface area (Å²) in [5, 5.41) is 15.2. The molecule has 14 aromatic carbocycles. The summed E-state index contributed by atoms with van der Waals surface area (Å²) in [6.07, 6.45) is 0. The minimum atomic E-state index is 0.656. The highest BCUT2D eigenvalue weighted by Crippen LogP contribution is 2.41. The molecule has 0 N–H and O–H groups in total. The predicted octanol–water partition coefficient (Wildman–Crippen LogP) is 20.0. The van der Waals surface area contributed by atoms with Crippen LogP contribution in [0.2, 0.25) is 0 Å². The van der Waals surface area contributed by atoms with E-state index >= 15 is 0 Å². The quantitative estimate of drug-likeness (QED) is 0.141. The molecule has 0 bridgehead atoms. The van der Waals surface area contributed by atoms with Crippen LogP contribution in [0.4, 0.5) is 0 Å². The van der Waals surface area contributed by atoms with E-state index in [0.29, 0.717) is 34.9 Å². The van der Waals surface area contributed by atoms with Gasteiger partial charge in [-0.1, -0.05) is 291 Å². The maximum Gasteiger partial charge on any atom is 0.164 e. The number of aromatic nitrogens is 6. The van der Waals surface area contributed by atoms with Gasteiger partial charge in [0.15, 0.2) is 34.9 Å². The summed E-state index contributed by atoms with van der Waals surface area (Å²) in [6, 6.07) is 106. The van der Waals surface area contributed by atoms with Crippen molar-refractivity contribution in [2.75, 3.05) is 0 Å². The molecular formula is C78H50N6. The molecule has 2 aromatic heterocycles. The number of fused-ring (bicyclic) bond motifs is 10. The molecule has 0 unspecified atom stereocenters. The maximum absolute atomic E-state index is 4.90. The molecule has 0 saturated carbocycles. The van der Waals surface area contributed by atoms with E-state index in [4.69, 9.17) is 29.9 Å². The zero-order valence-corrected chi connectivity index (χ0v) is 45.6. The van der Waals surface area contributed by atoms with Crippen molar-refractivity contribution in [3.63, 3.8) is 0 Å². The van der Waals surface area contributed by atoms with Crippen LogP contribution in [-0.4, -0.2) is 29.9 Å². The fourth-order valence-corrected chi connectivity index (χ4v) is 11.7. The lowest BCUT2D eigenvalue weighted by atomic mass is 9.90. The molecule has 0 fully saturated rings. The molecule has 0 aliphatic heterocycles. The van der Waals surface area contributed by atoms with Crippen molar-refractivity contribution >= 4 is 64.6 Å². The highest BCUT2D eigenvalue weighted by molar-refractivity contribution is 6.24. The van der Waals surface area contributed by atoms with Gasteiger partial charge in [-0.3, -0.25) is 0 Å². The van der Waals surface area contributed by atoms with Crippen molar-refractivity contribution in [2.24, 2.45) is 0 Å². The van der Waals surface area contributed by atoms with Crippen molar-refractivity contribution in [1.29, 1.82) is 0 Å². The van der Waals surface area contributed by atoms with Crippen LogP contribution in [0, 0.1) is 0 Å². The number of hydrogen-bond donors (Lipinski definition) is 0. The lowest BCUT2D eigenvalue weighted by Gasteiger charge is -2.14. The summed E-state index contributed by atoms with van der Waals surface area (Å²) in [7, 11) is 0. The largest absolute Gasteiger partial charge is 0.208 e. The molecule has 0 amide bonds. The smallest absolute Gasteiger partial charge is 0.164 e. The predicted molar refractivity (Wildman–Crippen MR) is 348 cm³/mol. The van der Waals surface area contributed by atoms with Gasteiger partial charge in [0, 0.05) is 33.4 Å². The van der Waals surface area contributed by atoms with Gasteiger partial charge in [-0.15, -0.1) is 0 Å². The summed E-state index contributed by atoms with van der Waals surface area (Å²) >= 11 is 0. The second kappa shape index (κ2) is 21.6. The van der Waals surface area contributed by atoms with Crippen molar-refractivity contribution in [2.45, 2.75) is 0 Å². The molecule has 84 heavy (non-hydrogen) atoms. The first-order chi connectivity index (χ1) is 41.6. The summed E-state index contributed by atoms with van der Waals surface area (Å²) in [6.45, 7) is 0. The number of rotatable bonds is 8. The number of hydrogen-bond acceptors (Lipinski definition) is 6. The molecule has 392 valence electrons. The van der Waals surface area contributed by atoms with Crippen molar-refractivity contribution in [3.8, 4) is 90.6 Å². The van der Waals surface area contributed by atoms with Crippen LogP contribution in [0.3, 0.4) is 0 Å². The summed E-state index contributed by atoms with van der Waals surface area (Å²) in [5.74, 6) is 3.96. The fourth-order valence-electron chi connectivity index (χ4n) is 11.7. The van der Waals surface area contributed by atoms with Crippen molar-refractivity contribution in [1.82, 2.24) is 29.9 Å². The molecule has 16 rings (SSSR count). The molecule has 6 nitrogen and oxygen atoms in total. The van der Waals surface area contributed by atoms with Crippen LogP contribution >= 0.6 is 0 Å². The third-order valence-electron chi connectivity index (χ3n) is 15.8. The first-order valence-corrected chi connectivity index (χ1v) is 28.3. The monoisotopic (exact) mass is 1070 g/mol. The molecule has 16 aromatic rings. The van der Waals surface area contributed by atoms with Crippen molar-refractivity contribution in [3.05, 3.63) is 303 Å². The lowest BCUT2D eigenvalue weighted by molar-refractivity contribution is 1.07. The highest BCUT2D eigenvalue weighted by atomic mass is 15.0. The molecule has 0 aliphatic carbocycles. The standard InChI is InChI=1S/2C39H25N3/c1-3-12-28(13-4-1)37-40-38(29-14-5-2-6-15-29)42-39(41-37)30-22-19-27(20-23-30)35-25-31-24-21-26-11-7-8-16-32(26)36(31)34-18-10-9-17-33(34)35;1-3-12-28(13-4-1)37-40-38(29-14-5-2-6-15-29)42-39(41-37)30-21-19-27(20-22-30)35-25-36-31-16-8-7-11-26(31)23-24-34(36)32-17-9-10-18-33(32)35/h2*1-25H. The zero-order chi connectivity index (χ0) is 55.8. The average molecular weight is 1070 g/mol. The Balaban J connectivity index is 0.000000143. The van der Waals surface area contributed by atoms with E-state index in [1.54, 1.807) is 0 Å². The molecular weight excluding hydrogens is 1020 g/mol. The van der Waals surface area contributed by atoms with Gasteiger partial charge >= 0.3 is 0 Å². The van der Waals surface area contributed by atoms with Crippen LogP contribution in [0.15, 0.2) is 303 Å². The Morgan fingerprint density at radius 3 is 0.893 bits per heavy atom. The molecule has 0 spiro atoms. The van der Waals surface area contributed by atoms with Gasteiger partial charge in [0.05, 0.1) is 0 Å². The van der Waals surface area contributed by atoms with Crippen LogP contribution in [0.1, 0.15) is 0 Å². The van der Waals surface area contributed by atoms with Gasteiger partial charge in [0.1, 0.15) is 0 Å². The maximum atomic E-state index is 4.90. The molecule has 6 heteroatoms. The topological polar surface area (TPSA) is 77.3 Å². The number of nitrogens with zero attached hydrogens (tertiary/aromatic N) is 6. The molecule has 0 radical (unpaired) electrons. The minimum Gasteiger partial charge on any atom is -0.208 e. The van der Waals surface area contributed by atoms with Gasteiger partial charge in [-0.25, -0.2) is 29.9 Å². The summed E-state index contributed by atoms with van der Waals surface area (Å²) < 4.78 is 0. The zero-order valence-electron chi connectivity index (χ0n) is 45.6. The fraction of sp³-hybridized carbons (Fsp3) is 0. The Bertz CT molecular complexity index is 4980. The number of benzene rings is 14. The summed E-state index contributed by atoms with van der Waals surface area (Å²) in [5.41, 5.74) is 10.5. The summed E-state index contributed by atoms with van der Waals surface area (Å²) in [4.78, 5) is 29.3. The van der Waals surface area contributed by atoms with E-state index in [9.17, 15) is 0 Å². The van der Waals surface area contributed by atoms with E-state index in [0.717, 1.165) is 44.5 Å². The highest BCUT2D eigenvalue weighted by Gasteiger charge is 2.17. The van der Waals surface area contributed by atoms with Crippen LogP contribution < -0.4 is 0 Å². The normalized spacial score (nSPS) is 11.3. The minimum absolute atomic E-state index is 0.656. The Kier molecular flexibility index (Phi) is 12.8. The van der Waals surface area contributed by atoms with E-state index < -0.39 is 0 Å². The van der Waals surface area contributed by atoms with E-state index in [-0.39, 0.29) is 0 Å². The molecule has 2 heterocycles. The molecule has 0 aliphatic rings. The van der Waals surface area contributed by atoms with Crippen LogP contribution in [-0.2, 0) is 0 Å². The van der Waals surface area contributed by atoms with E-state index in [2.05, 4.69) is 182 Å². The second-order valence-electron chi connectivity index (χ2n) is 20.9. The third kappa shape index (κ3) is 9.43. The van der Waals surface area contributed by atoms with Crippen LogP contribution in [0.25, 0.3) is 155 Å². The SMILES string of the molecule is c1ccc(-c2nc(-c3ccccc3)nc(-c3ccc(-c4cc5c6ccccc6ccc5c5ccccc45)cc3)n2)cc1.c1ccc(-c2nc(-c3ccccc3)nc(-c3ccc(-c4cc5ccc6ccccc6c5c5ccccc45)cc3)n2)cc1. The Labute approximate surface area is 485 Å². The first-order valence-electron chi connectivity index (χ1n) is 28.3. The van der Waals surface area contributed by atoms with E-state index in [1.807, 2.05) is 121 Å². The van der Waals surface area contributed by atoms with E-state index in [1.165, 1.54) is 75.8 Å². The van der Waals surface area contributed by atoms with Gasteiger partial charge in [0.2, 0.25) is 0 Å².